The molecule has 0 spiro atoms. The lowest BCUT2D eigenvalue weighted by molar-refractivity contribution is 0.00690. The molecule has 180 valence electrons. The molecule has 0 aromatic carbocycles. The summed E-state index contributed by atoms with van der Waals surface area (Å²) in [7, 11) is -2.15. The summed E-state index contributed by atoms with van der Waals surface area (Å²) in [5, 5.41) is 32.4. The molecule has 4 unspecified atom stereocenters. The molecular weight excluding hydrogens is 388 g/mol. The summed E-state index contributed by atoms with van der Waals surface area (Å²) in [6.07, 6.45) is 14.8. The molecule has 1 aliphatic heterocycles. The molecule has 30 heavy (non-hydrogen) atoms. The summed E-state index contributed by atoms with van der Waals surface area (Å²) in [6.45, 7) is 15.5. The predicted molar refractivity (Wildman–Crippen MR) is 133 cm³/mol. The zero-order valence-electron chi connectivity index (χ0n) is 21.3. The van der Waals surface area contributed by atoms with Crippen LogP contribution in [0.2, 0.25) is 15.6 Å². The summed E-state index contributed by atoms with van der Waals surface area (Å²) in [6, 6.07) is 0. The zero-order chi connectivity index (χ0) is 23.0. The number of rotatable bonds is 15. The highest BCUT2D eigenvalue weighted by atomic mass is 28.3. The fraction of sp³-hybridized carbons (Fsp3) is 1.00. The molecular formula is C26H54O3Si. The van der Waals surface area contributed by atoms with Crippen molar-refractivity contribution in [2.75, 3.05) is 0 Å². The normalized spacial score (nSPS) is 23.4. The van der Waals surface area contributed by atoms with Crippen molar-refractivity contribution < 1.29 is 15.3 Å². The van der Waals surface area contributed by atoms with Crippen LogP contribution >= 0.6 is 0 Å². The second-order valence-corrected chi connectivity index (χ2v) is 18.1. The Labute approximate surface area is 189 Å². The molecule has 1 heterocycles. The molecule has 0 radical (unpaired) electrons. The van der Waals surface area contributed by atoms with Gasteiger partial charge in [0.1, 0.15) is 8.07 Å². The third-order valence-corrected chi connectivity index (χ3v) is 15.4. The summed E-state index contributed by atoms with van der Waals surface area (Å²) in [5.74, 6) is 0. The number of unbranched alkanes of at least 4 members (excludes halogenated alkanes) is 11. The maximum absolute atomic E-state index is 10.9. The van der Waals surface area contributed by atoms with Crippen molar-refractivity contribution in [3.8, 4) is 0 Å². The van der Waals surface area contributed by atoms with Crippen LogP contribution in [0.4, 0.5) is 0 Å². The molecule has 0 aromatic rings. The molecule has 4 heteroatoms. The first-order valence-electron chi connectivity index (χ1n) is 13.0. The van der Waals surface area contributed by atoms with E-state index in [1.54, 1.807) is 0 Å². The maximum atomic E-state index is 10.9. The topological polar surface area (TPSA) is 60.7 Å². The van der Waals surface area contributed by atoms with Gasteiger partial charge in [-0.2, -0.15) is 0 Å². The van der Waals surface area contributed by atoms with Crippen LogP contribution in [0, 0.1) is 0 Å². The first-order valence-corrected chi connectivity index (χ1v) is 15.1. The van der Waals surface area contributed by atoms with Crippen LogP contribution in [0.3, 0.4) is 0 Å². The largest absolute Gasteiger partial charge is 0.396 e. The summed E-state index contributed by atoms with van der Waals surface area (Å²) in [5.41, 5.74) is -0.519. The molecule has 3 nitrogen and oxygen atoms in total. The van der Waals surface area contributed by atoms with E-state index in [0.29, 0.717) is 6.42 Å². The van der Waals surface area contributed by atoms with Crippen LogP contribution in [0.15, 0.2) is 0 Å². The van der Waals surface area contributed by atoms with Crippen LogP contribution in [0.1, 0.15) is 132 Å². The van der Waals surface area contributed by atoms with Gasteiger partial charge < -0.3 is 15.3 Å². The second kappa shape index (κ2) is 12.4. The van der Waals surface area contributed by atoms with Gasteiger partial charge in [-0.15, -0.1) is 0 Å². The summed E-state index contributed by atoms with van der Waals surface area (Å²) < 4.78 is 0. The third-order valence-electron chi connectivity index (χ3n) is 7.82. The van der Waals surface area contributed by atoms with Crippen LogP contribution in [0.25, 0.3) is 0 Å². The van der Waals surface area contributed by atoms with E-state index in [1.165, 1.54) is 64.2 Å². The van der Waals surface area contributed by atoms with Gasteiger partial charge >= 0.3 is 0 Å². The molecule has 1 aliphatic rings. The Morgan fingerprint density at radius 3 is 1.37 bits per heavy atom. The van der Waals surface area contributed by atoms with Crippen molar-refractivity contribution in [2.45, 2.75) is 165 Å². The Morgan fingerprint density at radius 2 is 1.03 bits per heavy atom. The SMILES string of the molecule is CCCCCCCCCCCCCCC(O)C(O)C1C(O)[Si]1(C(C)(C)C)C(C)(C)C. The fourth-order valence-electron chi connectivity index (χ4n) is 6.47. The summed E-state index contributed by atoms with van der Waals surface area (Å²) in [4.78, 5) is 0. The van der Waals surface area contributed by atoms with Crippen LogP contribution in [-0.4, -0.2) is 41.3 Å². The molecule has 3 N–H and O–H groups in total. The van der Waals surface area contributed by atoms with Gasteiger partial charge in [-0.3, -0.25) is 0 Å². The van der Waals surface area contributed by atoms with E-state index in [9.17, 15) is 15.3 Å². The van der Waals surface area contributed by atoms with Gasteiger partial charge in [-0.25, -0.2) is 0 Å². The molecule has 0 aromatic heterocycles. The summed E-state index contributed by atoms with van der Waals surface area (Å²) >= 11 is 0. The van der Waals surface area contributed by atoms with Crippen molar-refractivity contribution in [1.29, 1.82) is 0 Å². The van der Waals surface area contributed by atoms with Crippen LogP contribution in [0.5, 0.6) is 0 Å². The van der Waals surface area contributed by atoms with Crippen molar-refractivity contribution >= 4 is 8.07 Å². The lowest BCUT2D eigenvalue weighted by atomic mass is 10.0. The lowest BCUT2D eigenvalue weighted by Crippen LogP contribution is -2.44. The van der Waals surface area contributed by atoms with Crippen LogP contribution in [-0.2, 0) is 0 Å². The lowest BCUT2D eigenvalue weighted by Gasteiger charge is -2.42. The molecule has 0 aliphatic carbocycles. The van der Waals surface area contributed by atoms with E-state index < -0.39 is 26.0 Å². The Kier molecular flexibility index (Phi) is 11.6. The fourth-order valence-corrected chi connectivity index (χ4v) is 14.7. The minimum atomic E-state index is -2.15. The molecule has 1 fully saturated rings. The highest BCUT2D eigenvalue weighted by Crippen LogP contribution is 2.71. The Hall–Kier alpha value is 0.0969. The number of hydrogen-bond acceptors (Lipinski definition) is 3. The van der Waals surface area contributed by atoms with E-state index in [2.05, 4.69) is 48.5 Å². The van der Waals surface area contributed by atoms with Crippen molar-refractivity contribution in [1.82, 2.24) is 0 Å². The Balaban J connectivity index is 2.24. The molecule has 0 bridgehead atoms. The first kappa shape index (κ1) is 28.1. The zero-order valence-corrected chi connectivity index (χ0v) is 22.3. The van der Waals surface area contributed by atoms with Gasteiger partial charge in [0.05, 0.1) is 12.2 Å². The van der Waals surface area contributed by atoms with E-state index >= 15 is 0 Å². The monoisotopic (exact) mass is 442 g/mol. The molecule has 1 saturated heterocycles. The molecule has 4 atom stereocenters. The van der Waals surface area contributed by atoms with Gasteiger partial charge in [-0.1, -0.05) is 126 Å². The van der Waals surface area contributed by atoms with E-state index in [0.717, 1.165) is 12.8 Å². The second-order valence-electron chi connectivity index (χ2n) is 12.1. The van der Waals surface area contributed by atoms with Gasteiger partial charge in [0.2, 0.25) is 0 Å². The highest BCUT2D eigenvalue weighted by Gasteiger charge is 2.78. The maximum Gasteiger partial charge on any atom is 0.106 e. The average Bonchev–Trinajstić information content (AvgIpc) is 3.29. The molecule has 1 rings (SSSR count). The molecule has 0 saturated carbocycles. The van der Waals surface area contributed by atoms with Crippen LogP contribution < -0.4 is 0 Å². The van der Waals surface area contributed by atoms with Crippen molar-refractivity contribution in [2.24, 2.45) is 0 Å². The average molecular weight is 443 g/mol. The van der Waals surface area contributed by atoms with Gasteiger partial charge in [0.25, 0.3) is 0 Å². The highest BCUT2D eigenvalue weighted by molar-refractivity contribution is 6.97. The van der Waals surface area contributed by atoms with Crippen molar-refractivity contribution in [3.63, 3.8) is 0 Å². The number of aliphatic hydroxyl groups excluding tert-OH is 3. The van der Waals surface area contributed by atoms with Gasteiger partial charge in [0.15, 0.2) is 0 Å². The molecule has 0 amide bonds. The predicted octanol–water partition coefficient (Wildman–Crippen LogP) is 7.13. The third kappa shape index (κ3) is 7.05. The number of hydrogen-bond donors (Lipinski definition) is 3. The standard InChI is InChI=1S/C26H54O3Si/c1-8-9-10-11-12-13-14-15-16-17-18-19-20-21(27)22(28)23-24(29)30(23,25(2,3)4)26(5,6)7/h21-24,27-29H,8-20H2,1-7H3. The van der Waals surface area contributed by atoms with Crippen molar-refractivity contribution in [3.05, 3.63) is 0 Å². The first-order chi connectivity index (χ1) is 13.9. The minimum Gasteiger partial charge on any atom is -0.396 e. The van der Waals surface area contributed by atoms with Gasteiger partial charge in [0, 0.05) is 11.3 Å². The Bertz CT molecular complexity index is 452. The Morgan fingerprint density at radius 1 is 0.667 bits per heavy atom. The van der Waals surface area contributed by atoms with E-state index in [1.807, 2.05) is 0 Å². The van der Waals surface area contributed by atoms with E-state index in [4.69, 9.17) is 0 Å². The minimum absolute atomic E-state index is 0.00599. The smallest absolute Gasteiger partial charge is 0.106 e. The van der Waals surface area contributed by atoms with E-state index in [-0.39, 0.29) is 15.6 Å². The van der Waals surface area contributed by atoms with Gasteiger partial charge in [-0.05, 0) is 16.5 Å². The number of aliphatic hydroxyl groups is 3. The quantitative estimate of drug-likeness (QED) is 0.187.